The highest BCUT2D eigenvalue weighted by atomic mass is 16.8. The Morgan fingerprint density at radius 2 is 1.62 bits per heavy atom. The second-order valence-corrected chi connectivity index (χ2v) is 6.80. The smallest absolute Gasteiger partial charge is 0.338 e. The molecule has 0 bridgehead atoms. The van der Waals surface area contributed by atoms with Gasteiger partial charge in [0.05, 0.1) is 19.1 Å². The Hall–Kier alpha value is -2.52. The van der Waals surface area contributed by atoms with Crippen molar-refractivity contribution in [1.82, 2.24) is 0 Å². The molecule has 0 aromatic heterocycles. The third-order valence-electron chi connectivity index (χ3n) is 4.15. The highest BCUT2D eigenvalue weighted by Crippen LogP contribution is 2.50. The zero-order valence-corrected chi connectivity index (χ0v) is 15.2. The minimum Gasteiger partial charge on any atom is -0.467 e. The fraction of sp³-hybridized carbons (Fsp3) is 0.529. The van der Waals surface area contributed by atoms with Gasteiger partial charge in [-0.3, -0.25) is 10.1 Å². The first-order valence-electron chi connectivity index (χ1n) is 7.83. The predicted octanol–water partition coefficient (Wildman–Crippen LogP) is 1.92. The molecule has 1 saturated heterocycles. The van der Waals surface area contributed by atoms with Crippen LogP contribution >= 0.6 is 0 Å². The Kier molecular flexibility index (Phi) is 5.33. The molecular weight excluding hydrogens is 346 g/mol. The molecule has 0 N–H and O–H groups in total. The molecule has 1 heterocycles. The summed E-state index contributed by atoms with van der Waals surface area (Å²) in [5.74, 6) is -3.22. The summed E-state index contributed by atoms with van der Waals surface area (Å²) in [5.41, 5.74) is -0.661. The van der Waals surface area contributed by atoms with Gasteiger partial charge in [-0.25, -0.2) is 9.59 Å². The summed E-state index contributed by atoms with van der Waals surface area (Å²) in [7, 11) is 2.31. The van der Waals surface area contributed by atoms with Gasteiger partial charge >= 0.3 is 11.9 Å². The monoisotopic (exact) mass is 367 g/mol. The van der Waals surface area contributed by atoms with Crippen LogP contribution < -0.4 is 0 Å². The second-order valence-electron chi connectivity index (χ2n) is 6.80. The number of rotatable bonds is 4. The molecule has 2 atom stereocenters. The molecule has 1 aliphatic heterocycles. The number of non-ortho nitro benzene ring substituents is 1. The van der Waals surface area contributed by atoms with Gasteiger partial charge in [0.1, 0.15) is 0 Å². The second kappa shape index (κ2) is 7.00. The Labute approximate surface area is 150 Å². The number of hydrogen-bond acceptors (Lipinski definition) is 8. The molecule has 26 heavy (non-hydrogen) atoms. The van der Waals surface area contributed by atoms with Crippen molar-refractivity contribution in [2.75, 3.05) is 14.2 Å². The van der Waals surface area contributed by atoms with E-state index in [1.165, 1.54) is 18.2 Å². The number of benzene rings is 1. The lowest BCUT2D eigenvalue weighted by Crippen LogP contribution is -2.42. The summed E-state index contributed by atoms with van der Waals surface area (Å²) in [5, 5.41) is 11.1. The van der Waals surface area contributed by atoms with Crippen molar-refractivity contribution in [3.05, 3.63) is 39.9 Å². The standard InChI is InChI=1S/C17H21NO8/c1-16(2,3)17(10-7-6-8-11(9-10)18(21)22)25-12(14(19)23-4)13(26-17)15(20)24-5/h6-9,12-13H,1-5H3. The lowest BCUT2D eigenvalue weighted by atomic mass is 9.80. The molecule has 0 amide bonds. The molecule has 1 aromatic carbocycles. The zero-order chi connectivity index (χ0) is 19.7. The van der Waals surface area contributed by atoms with Gasteiger partial charge in [-0.05, 0) is 0 Å². The van der Waals surface area contributed by atoms with E-state index in [2.05, 4.69) is 0 Å². The van der Waals surface area contributed by atoms with Crippen LogP contribution in [0.5, 0.6) is 0 Å². The van der Waals surface area contributed by atoms with Gasteiger partial charge in [-0.1, -0.05) is 32.9 Å². The van der Waals surface area contributed by atoms with E-state index in [9.17, 15) is 19.7 Å². The number of ether oxygens (including phenoxy) is 4. The molecule has 1 fully saturated rings. The van der Waals surface area contributed by atoms with E-state index in [4.69, 9.17) is 18.9 Å². The van der Waals surface area contributed by atoms with Crippen LogP contribution in [0.4, 0.5) is 5.69 Å². The number of methoxy groups -OCH3 is 2. The summed E-state index contributed by atoms with van der Waals surface area (Å²) in [6.45, 7) is 5.29. The highest BCUT2D eigenvalue weighted by Gasteiger charge is 2.60. The van der Waals surface area contributed by atoms with Crippen molar-refractivity contribution in [3.63, 3.8) is 0 Å². The topological polar surface area (TPSA) is 114 Å². The zero-order valence-electron chi connectivity index (χ0n) is 15.2. The fourth-order valence-corrected chi connectivity index (χ4v) is 2.83. The molecule has 9 nitrogen and oxygen atoms in total. The van der Waals surface area contributed by atoms with Gasteiger partial charge in [0.25, 0.3) is 5.69 Å². The third-order valence-corrected chi connectivity index (χ3v) is 4.15. The summed E-state index contributed by atoms with van der Waals surface area (Å²) >= 11 is 0. The summed E-state index contributed by atoms with van der Waals surface area (Å²) in [6, 6.07) is 5.67. The fourth-order valence-electron chi connectivity index (χ4n) is 2.83. The first kappa shape index (κ1) is 19.8. The van der Waals surface area contributed by atoms with E-state index in [1.54, 1.807) is 26.8 Å². The maximum absolute atomic E-state index is 12.1. The van der Waals surface area contributed by atoms with Crippen molar-refractivity contribution in [3.8, 4) is 0 Å². The minimum atomic E-state index is -1.60. The SMILES string of the molecule is COC(=O)C1OC(c2cccc([N+](=O)[O-])c2)(C(C)(C)C)OC1C(=O)OC. The van der Waals surface area contributed by atoms with E-state index in [0.717, 1.165) is 14.2 Å². The molecule has 0 saturated carbocycles. The molecule has 0 radical (unpaired) electrons. The molecule has 2 rings (SSSR count). The summed E-state index contributed by atoms with van der Waals surface area (Å²) < 4.78 is 21.2. The Morgan fingerprint density at radius 3 is 2.00 bits per heavy atom. The number of nitro groups is 1. The average Bonchev–Trinajstić information content (AvgIpc) is 3.02. The highest BCUT2D eigenvalue weighted by molar-refractivity contribution is 5.86. The molecule has 2 unspecified atom stereocenters. The van der Waals surface area contributed by atoms with Crippen LogP contribution in [0.3, 0.4) is 0 Å². The molecule has 0 spiro atoms. The molecule has 1 aliphatic rings. The Bertz CT molecular complexity index is 700. The average molecular weight is 367 g/mol. The van der Waals surface area contributed by atoms with Crippen molar-refractivity contribution in [2.45, 2.75) is 38.8 Å². The third kappa shape index (κ3) is 3.27. The molecule has 0 aliphatic carbocycles. The number of carbonyl (C=O) groups is 2. The largest absolute Gasteiger partial charge is 0.467 e. The molecular formula is C17H21NO8. The lowest BCUT2D eigenvalue weighted by molar-refractivity contribution is -0.385. The van der Waals surface area contributed by atoms with E-state index in [0.29, 0.717) is 5.56 Å². The van der Waals surface area contributed by atoms with Crippen LogP contribution in [0, 0.1) is 15.5 Å². The number of nitrogens with zero attached hydrogens (tertiary/aromatic N) is 1. The van der Waals surface area contributed by atoms with E-state index in [1.807, 2.05) is 0 Å². The van der Waals surface area contributed by atoms with Crippen molar-refractivity contribution < 1.29 is 33.5 Å². The predicted molar refractivity (Wildman–Crippen MR) is 88.0 cm³/mol. The van der Waals surface area contributed by atoms with Gasteiger partial charge in [0.15, 0.2) is 12.2 Å². The quantitative estimate of drug-likeness (QED) is 0.450. The van der Waals surface area contributed by atoms with Crippen LogP contribution in [-0.2, 0) is 34.3 Å². The van der Waals surface area contributed by atoms with Crippen LogP contribution in [0.25, 0.3) is 0 Å². The normalized spacial score (nSPS) is 25.6. The lowest BCUT2D eigenvalue weighted by Gasteiger charge is -2.40. The van der Waals surface area contributed by atoms with Gasteiger partial charge in [-0.15, -0.1) is 0 Å². The van der Waals surface area contributed by atoms with Crippen molar-refractivity contribution in [1.29, 1.82) is 0 Å². The summed E-state index contributed by atoms with van der Waals surface area (Å²) in [4.78, 5) is 34.8. The van der Waals surface area contributed by atoms with Crippen molar-refractivity contribution >= 4 is 17.6 Å². The minimum absolute atomic E-state index is 0.172. The molecule has 142 valence electrons. The van der Waals surface area contributed by atoms with E-state index < -0.39 is 40.3 Å². The first-order valence-corrected chi connectivity index (χ1v) is 7.83. The van der Waals surface area contributed by atoms with Gasteiger partial charge < -0.3 is 18.9 Å². The van der Waals surface area contributed by atoms with Crippen molar-refractivity contribution in [2.24, 2.45) is 5.41 Å². The van der Waals surface area contributed by atoms with E-state index >= 15 is 0 Å². The number of esters is 2. The Balaban J connectivity index is 2.61. The number of nitro benzene ring substituents is 1. The maximum Gasteiger partial charge on any atom is 0.338 e. The van der Waals surface area contributed by atoms with Crippen LogP contribution in [0.1, 0.15) is 26.3 Å². The van der Waals surface area contributed by atoms with Crippen LogP contribution in [-0.4, -0.2) is 43.3 Å². The van der Waals surface area contributed by atoms with Crippen LogP contribution in [0.2, 0.25) is 0 Å². The van der Waals surface area contributed by atoms with Crippen LogP contribution in [0.15, 0.2) is 24.3 Å². The number of hydrogen-bond donors (Lipinski definition) is 0. The number of carbonyl (C=O) groups excluding carboxylic acids is 2. The molecule has 1 aromatic rings. The summed E-state index contributed by atoms with van der Waals surface area (Å²) in [6.07, 6.45) is -2.74. The van der Waals surface area contributed by atoms with E-state index in [-0.39, 0.29) is 5.69 Å². The Morgan fingerprint density at radius 1 is 1.12 bits per heavy atom. The van der Waals surface area contributed by atoms with Gasteiger partial charge in [-0.2, -0.15) is 0 Å². The maximum atomic E-state index is 12.1. The first-order chi connectivity index (χ1) is 12.1. The van der Waals surface area contributed by atoms with Gasteiger partial charge in [0, 0.05) is 23.1 Å². The van der Waals surface area contributed by atoms with Gasteiger partial charge in [0.2, 0.25) is 5.79 Å². The molecule has 9 heteroatoms.